The number of carbonyl (C=O) groups is 2. The number of benzene rings is 2. The van der Waals surface area contributed by atoms with Gasteiger partial charge in [-0.25, -0.2) is 4.79 Å². The molecule has 0 spiro atoms. The molecule has 0 aliphatic carbocycles. The van der Waals surface area contributed by atoms with E-state index in [9.17, 15) is 9.59 Å². The molecule has 0 atom stereocenters. The number of rotatable bonds is 2. The predicted molar refractivity (Wildman–Crippen MR) is 90.0 cm³/mol. The van der Waals surface area contributed by atoms with Crippen molar-refractivity contribution in [3.05, 3.63) is 48.0 Å². The summed E-state index contributed by atoms with van der Waals surface area (Å²) < 4.78 is 0. The lowest BCUT2D eigenvalue weighted by Crippen LogP contribution is -2.40. The molecule has 1 aliphatic rings. The average Bonchev–Trinajstić information content (AvgIpc) is 2.81. The highest BCUT2D eigenvalue weighted by molar-refractivity contribution is 5.90. The summed E-state index contributed by atoms with van der Waals surface area (Å²) in [6.07, 6.45) is 1.15. The fraction of sp³-hybridized carbons (Fsp3) is 0.333. The summed E-state index contributed by atoms with van der Waals surface area (Å²) in [5.74, 6) is 0.104. The number of nitrogens with two attached hydrogens (primary N) is 1. The van der Waals surface area contributed by atoms with Crippen molar-refractivity contribution in [2.75, 3.05) is 26.2 Å². The Labute approximate surface area is 135 Å². The first-order valence-corrected chi connectivity index (χ1v) is 7.94. The fourth-order valence-corrected chi connectivity index (χ4v) is 3.11. The molecule has 120 valence electrons. The number of hydrogen-bond donors (Lipinski definition) is 1. The van der Waals surface area contributed by atoms with E-state index in [0.717, 1.165) is 22.8 Å². The largest absolute Gasteiger partial charge is 0.351 e. The van der Waals surface area contributed by atoms with Crippen molar-refractivity contribution >= 4 is 22.7 Å². The Hall–Kier alpha value is -2.56. The van der Waals surface area contributed by atoms with Crippen LogP contribution in [0.3, 0.4) is 0 Å². The summed E-state index contributed by atoms with van der Waals surface area (Å²) in [6.45, 7) is 2.35. The highest BCUT2D eigenvalue weighted by atomic mass is 16.2. The van der Waals surface area contributed by atoms with Gasteiger partial charge in [0.1, 0.15) is 0 Å². The second-order valence-corrected chi connectivity index (χ2v) is 5.87. The molecule has 0 radical (unpaired) electrons. The third-order valence-electron chi connectivity index (χ3n) is 4.38. The highest BCUT2D eigenvalue weighted by Crippen LogP contribution is 2.19. The summed E-state index contributed by atoms with van der Waals surface area (Å²) in [7, 11) is 0. The van der Waals surface area contributed by atoms with E-state index in [4.69, 9.17) is 5.73 Å². The Kier molecular flexibility index (Phi) is 4.46. The van der Waals surface area contributed by atoms with Crippen LogP contribution in [-0.2, 0) is 11.2 Å². The summed E-state index contributed by atoms with van der Waals surface area (Å²) in [6, 6.07) is 13.7. The van der Waals surface area contributed by atoms with E-state index in [2.05, 4.69) is 18.2 Å². The van der Waals surface area contributed by atoms with E-state index in [1.54, 1.807) is 4.90 Å². The van der Waals surface area contributed by atoms with Crippen LogP contribution in [0.2, 0.25) is 0 Å². The van der Waals surface area contributed by atoms with Gasteiger partial charge in [0.05, 0.1) is 6.42 Å². The molecular weight excluding hydrogens is 290 g/mol. The number of carbonyl (C=O) groups excluding carboxylic acids is 2. The van der Waals surface area contributed by atoms with Crippen LogP contribution < -0.4 is 5.73 Å². The molecule has 5 heteroatoms. The smallest absolute Gasteiger partial charge is 0.314 e. The van der Waals surface area contributed by atoms with Crippen LogP contribution in [0.15, 0.2) is 42.5 Å². The van der Waals surface area contributed by atoms with E-state index in [1.807, 2.05) is 29.2 Å². The maximum absolute atomic E-state index is 12.6. The second-order valence-electron chi connectivity index (χ2n) is 5.87. The molecule has 0 saturated carbocycles. The molecular formula is C18H21N3O2. The van der Waals surface area contributed by atoms with E-state index in [-0.39, 0.29) is 5.91 Å². The minimum atomic E-state index is -0.409. The predicted octanol–water partition coefficient (Wildman–Crippen LogP) is 2.00. The maximum Gasteiger partial charge on any atom is 0.314 e. The normalized spacial score (nSPS) is 15.5. The van der Waals surface area contributed by atoms with Crippen LogP contribution in [0.1, 0.15) is 12.0 Å². The SMILES string of the molecule is NC(=O)N1CCCN(C(=O)Cc2cccc3ccccc23)CC1. The number of primary amides is 1. The molecule has 1 aliphatic heterocycles. The number of fused-ring (bicyclic) bond motifs is 1. The Morgan fingerprint density at radius 3 is 2.43 bits per heavy atom. The molecule has 2 aromatic rings. The van der Waals surface area contributed by atoms with Crippen LogP contribution >= 0.6 is 0 Å². The van der Waals surface area contributed by atoms with Crippen LogP contribution in [-0.4, -0.2) is 47.9 Å². The van der Waals surface area contributed by atoms with E-state index in [0.29, 0.717) is 32.6 Å². The van der Waals surface area contributed by atoms with Gasteiger partial charge in [0.25, 0.3) is 0 Å². The number of urea groups is 1. The summed E-state index contributed by atoms with van der Waals surface area (Å²) in [4.78, 5) is 27.3. The fourth-order valence-electron chi connectivity index (χ4n) is 3.11. The van der Waals surface area contributed by atoms with E-state index in [1.165, 1.54) is 0 Å². The zero-order chi connectivity index (χ0) is 16.2. The maximum atomic E-state index is 12.6. The second kappa shape index (κ2) is 6.69. The molecule has 0 aromatic heterocycles. The molecule has 1 heterocycles. The third kappa shape index (κ3) is 3.44. The quantitative estimate of drug-likeness (QED) is 0.922. The lowest BCUT2D eigenvalue weighted by molar-refractivity contribution is -0.130. The van der Waals surface area contributed by atoms with Gasteiger partial charge in [0, 0.05) is 26.2 Å². The number of amides is 3. The molecule has 1 saturated heterocycles. The third-order valence-corrected chi connectivity index (χ3v) is 4.38. The Balaban J connectivity index is 1.72. The van der Waals surface area contributed by atoms with Crippen molar-refractivity contribution in [2.45, 2.75) is 12.8 Å². The Morgan fingerprint density at radius 1 is 0.913 bits per heavy atom. The molecule has 0 unspecified atom stereocenters. The summed E-state index contributed by atoms with van der Waals surface area (Å²) in [5, 5.41) is 2.27. The minimum absolute atomic E-state index is 0.104. The van der Waals surface area contributed by atoms with Gasteiger partial charge in [-0.2, -0.15) is 0 Å². The molecule has 2 aromatic carbocycles. The molecule has 2 N–H and O–H groups in total. The molecule has 23 heavy (non-hydrogen) atoms. The van der Waals surface area contributed by atoms with Crippen molar-refractivity contribution in [3.63, 3.8) is 0 Å². The van der Waals surface area contributed by atoms with Gasteiger partial charge in [-0.3, -0.25) is 4.79 Å². The minimum Gasteiger partial charge on any atom is -0.351 e. The molecule has 3 amide bonds. The first kappa shape index (κ1) is 15.3. The number of hydrogen-bond acceptors (Lipinski definition) is 2. The van der Waals surface area contributed by atoms with E-state index < -0.39 is 6.03 Å². The molecule has 5 nitrogen and oxygen atoms in total. The van der Waals surface area contributed by atoms with Crippen LogP contribution in [0.5, 0.6) is 0 Å². The number of nitrogens with zero attached hydrogens (tertiary/aromatic N) is 2. The van der Waals surface area contributed by atoms with Gasteiger partial charge in [-0.15, -0.1) is 0 Å². The van der Waals surface area contributed by atoms with Crippen LogP contribution in [0.4, 0.5) is 4.79 Å². The monoisotopic (exact) mass is 311 g/mol. The Bertz CT molecular complexity index is 724. The first-order chi connectivity index (χ1) is 11.1. The first-order valence-electron chi connectivity index (χ1n) is 7.94. The average molecular weight is 311 g/mol. The lowest BCUT2D eigenvalue weighted by Gasteiger charge is -2.21. The van der Waals surface area contributed by atoms with Gasteiger partial charge in [-0.1, -0.05) is 42.5 Å². The van der Waals surface area contributed by atoms with Crippen molar-refractivity contribution < 1.29 is 9.59 Å². The van der Waals surface area contributed by atoms with Crippen LogP contribution in [0, 0.1) is 0 Å². The van der Waals surface area contributed by atoms with Gasteiger partial charge in [0.2, 0.25) is 5.91 Å². The van der Waals surface area contributed by atoms with Gasteiger partial charge < -0.3 is 15.5 Å². The summed E-state index contributed by atoms with van der Waals surface area (Å²) in [5.41, 5.74) is 6.37. The Morgan fingerprint density at radius 2 is 1.61 bits per heavy atom. The van der Waals surface area contributed by atoms with Gasteiger partial charge in [0.15, 0.2) is 0 Å². The molecule has 1 fully saturated rings. The molecule has 3 rings (SSSR count). The molecule has 0 bridgehead atoms. The van der Waals surface area contributed by atoms with Crippen molar-refractivity contribution in [1.29, 1.82) is 0 Å². The highest BCUT2D eigenvalue weighted by Gasteiger charge is 2.21. The standard InChI is InChI=1S/C18H21N3O2/c19-18(23)21-10-4-9-20(11-12-21)17(22)13-15-7-3-6-14-5-1-2-8-16(14)15/h1-3,5-8H,4,9-13H2,(H2,19,23). The van der Waals surface area contributed by atoms with Crippen molar-refractivity contribution in [2.24, 2.45) is 5.73 Å². The summed E-state index contributed by atoms with van der Waals surface area (Å²) >= 11 is 0. The van der Waals surface area contributed by atoms with Crippen LogP contribution in [0.25, 0.3) is 10.8 Å². The van der Waals surface area contributed by atoms with Gasteiger partial charge in [-0.05, 0) is 22.8 Å². The van der Waals surface area contributed by atoms with Crippen molar-refractivity contribution in [1.82, 2.24) is 9.80 Å². The van der Waals surface area contributed by atoms with Crippen molar-refractivity contribution in [3.8, 4) is 0 Å². The lowest BCUT2D eigenvalue weighted by atomic mass is 10.0. The van der Waals surface area contributed by atoms with E-state index >= 15 is 0 Å². The van der Waals surface area contributed by atoms with Gasteiger partial charge >= 0.3 is 6.03 Å². The topological polar surface area (TPSA) is 66.6 Å². The zero-order valence-corrected chi connectivity index (χ0v) is 13.1. The zero-order valence-electron chi connectivity index (χ0n) is 13.1.